The molecule has 0 saturated heterocycles. The summed E-state index contributed by atoms with van der Waals surface area (Å²) in [6.07, 6.45) is -2.52. The summed E-state index contributed by atoms with van der Waals surface area (Å²) in [4.78, 5) is 0. The zero-order chi connectivity index (χ0) is 12.3. The largest absolute Gasteiger partial charge is 0.416 e. The van der Waals surface area contributed by atoms with Crippen LogP contribution in [0.3, 0.4) is 0 Å². The Hall–Kier alpha value is -0.990. The van der Waals surface area contributed by atoms with Crippen molar-refractivity contribution in [2.45, 2.75) is 39.8 Å². The van der Waals surface area contributed by atoms with Gasteiger partial charge in [-0.1, -0.05) is 26.8 Å². The molecule has 0 aromatic heterocycles. The van der Waals surface area contributed by atoms with E-state index in [0.717, 1.165) is 24.0 Å². The van der Waals surface area contributed by atoms with Gasteiger partial charge in [-0.15, -0.1) is 0 Å². The molecule has 1 aromatic carbocycles. The maximum atomic E-state index is 12.4. The van der Waals surface area contributed by atoms with Gasteiger partial charge in [-0.3, -0.25) is 0 Å². The van der Waals surface area contributed by atoms with Gasteiger partial charge >= 0.3 is 6.18 Å². The maximum absolute atomic E-state index is 12.4. The average molecular weight is 230 g/mol. The quantitative estimate of drug-likeness (QED) is 0.617. The van der Waals surface area contributed by atoms with E-state index in [1.165, 1.54) is 12.1 Å². The lowest BCUT2D eigenvalue weighted by Gasteiger charge is -2.08. The molecule has 3 heteroatoms. The molecule has 0 heterocycles. The number of fused-ring (bicyclic) bond motifs is 1. The van der Waals surface area contributed by atoms with E-state index in [1.807, 2.05) is 13.8 Å². The number of benzene rings is 1. The molecule has 1 aromatic rings. The zero-order valence-corrected chi connectivity index (χ0v) is 9.86. The third-order valence-corrected chi connectivity index (χ3v) is 2.67. The number of hydrogen-bond acceptors (Lipinski definition) is 0. The summed E-state index contributed by atoms with van der Waals surface area (Å²) in [6.45, 7) is 6.06. The normalized spacial score (nSPS) is 18.8. The van der Waals surface area contributed by atoms with Crippen molar-refractivity contribution in [2.75, 3.05) is 0 Å². The number of halogens is 3. The zero-order valence-electron chi connectivity index (χ0n) is 9.86. The van der Waals surface area contributed by atoms with Gasteiger partial charge in [-0.05, 0) is 42.0 Å². The van der Waals surface area contributed by atoms with Gasteiger partial charge in [0.05, 0.1) is 5.56 Å². The van der Waals surface area contributed by atoms with Crippen LogP contribution in [0.5, 0.6) is 0 Å². The molecular formula is C13H17F3. The lowest BCUT2D eigenvalue weighted by Crippen LogP contribution is -2.05. The summed E-state index contributed by atoms with van der Waals surface area (Å²) in [5.41, 5.74) is 1.42. The Morgan fingerprint density at radius 3 is 2.19 bits per heavy atom. The highest BCUT2D eigenvalue weighted by molar-refractivity contribution is 5.37. The van der Waals surface area contributed by atoms with Crippen LogP contribution in [0.1, 0.15) is 37.5 Å². The topological polar surface area (TPSA) is 0 Å². The molecule has 0 N–H and O–H groups in total. The average Bonchev–Trinajstić information content (AvgIpc) is 2.58. The minimum atomic E-state index is -4.21. The van der Waals surface area contributed by atoms with Crippen molar-refractivity contribution in [3.8, 4) is 0 Å². The second-order valence-corrected chi connectivity index (χ2v) is 3.99. The van der Waals surface area contributed by atoms with E-state index in [-0.39, 0.29) is 0 Å². The van der Waals surface area contributed by atoms with Crippen LogP contribution in [0.4, 0.5) is 13.2 Å². The van der Waals surface area contributed by atoms with Gasteiger partial charge in [0.2, 0.25) is 0 Å². The fraction of sp³-hybridized carbons (Fsp3) is 0.538. The third kappa shape index (κ3) is 2.77. The van der Waals surface area contributed by atoms with Crippen LogP contribution in [0.2, 0.25) is 0 Å². The predicted octanol–water partition coefficient (Wildman–Crippen LogP) is 4.47. The van der Waals surface area contributed by atoms with Crippen molar-refractivity contribution in [3.05, 3.63) is 34.9 Å². The van der Waals surface area contributed by atoms with Crippen LogP contribution >= 0.6 is 0 Å². The Labute approximate surface area is 94.5 Å². The standard InChI is InChI=1S/C11H11F3.C2H6/c1-7-4-8-2-3-10(11(12,13)14)6-9(8)5-7;1-2/h2-3,6-7H,4-5H2,1H3;1-2H3. The minimum absolute atomic E-state index is 0.480. The molecular weight excluding hydrogens is 213 g/mol. The predicted molar refractivity (Wildman–Crippen MR) is 59.4 cm³/mol. The molecule has 0 spiro atoms. The van der Waals surface area contributed by atoms with Crippen molar-refractivity contribution in [1.82, 2.24) is 0 Å². The summed E-state index contributed by atoms with van der Waals surface area (Å²) in [6, 6.07) is 4.08. The van der Waals surface area contributed by atoms with Crippen LogP contribution < -0.4 is 0 Å². The van der Waals surface area contributed by atoms with Gasteiger partial charge in [0.15, 0.2) is 0 Å². The maximum Gasteiger partial charge on any atom is 0.416 e. The summed E-state index contributed by atoms with van der Waals surface area (Å²) in [5, 5.41) is 0. The molecule has 0 saturated carbocycles. The molecule has 0 aliphatic heterocycles. The first-order valence-corrected chi connectivity index (χ1v) is 5.66. The Balaban J connectivity index is 0.000000606. The van der Waals surface area contributed by atoms with Gasteiger partial charge in [0.25, 0.3) is 0 Å². The number of hydrogen-bond donors (Lipinski definition) is 0. The molecule has 90 valence electrons. The molecule has 1 atom stereocenters. The van der Waals surface area contributed by atoms with E-state index < -0.39 is 11.7 Å². The van der Waals surface area contributed by atoms with Gasteiger partial charge in [-0.25, -0.2) is 0 Å². The summed E-state index contributed by atoms with van der Waals surface area (Å²) in [5.74, 6) is 0.480. The van der Waals surface area contributed by atoms with E-state index >= 15 is 0 Å². The first-order chi connectivity index (χ1) is 7.47. The second kappa shape index (κ2) is 4.89. The van der Waals surface area contributed by atoms with Crippen LogP contribution in [0.25, 0.3) is 0 Å². The van der Waals surface area contributed by atoms with Crippen molar-refractivity contribution in [1.29, 1.82) is 0 Å². The second-order valence-electron chi connectivity index (χ2n) is 3.99. The van der Waals surface area contributed by atoms with Crippen LogP contribution in [-0.4, -0.2) is 0 Å². The van der Waals surface area contributed by atoms with Gasteiger partial charge in [-0.2, -0.15) is 13.2 Å². The van der Waals surface area contributed by atoms with Gasteiger partial charge in [0, 0.05) is 0 Å². The summed E-state index contributed by atoms with van der Waals surface area (Å²) >= 11 is 0. The van der Waals surface area contributed by atoms with E-state index in [4.69, 9.17) is 0 Å². The van der Waals surface area contributed by atoms with Crippen LogP contribution in [0.15, 0.2) is 18.2 Å². The fourth-order valence-electron chi connectivity index (χ4n) is 2.01. The SMILES string of the molecule is CC.CC1Cc2ccc(C(F)(F)F)cc2C1. The lowest BCUT2D eigenvalue weighted by molar-refractivity contribution is -0.137. The number of alkyl halides is 3. The van der Waals surface area contributed by atoms with E-state index in [0.29, 0.717) is 5.92 Å². The first kappa shape index (κ1) is 13.1. The van der Waals surface area contributed by atoms with Crippen molar-refractivity contribution in [2.24, 2.45) is 5.92 Å². The highest BCUT2D eigenvalue weighted by Crippen LogP contribution is 2.34. The molecule has 0 nitrogen and oxygen atoms in total. The van der Waals surface area contributed by atoms with E-state index in [9.17, 15) is 13.2 Å². The van der Waals surface area contributed by atoms with Crippen LogP contribution in [-0.2, 0) is 19.0 Å². The van der Waals surface area contributed by atoms with Crippen molar-refractivity contribution >= 4 is 0 Å². The Bertz CT molecular complexity index is 353. The molecule has 0 amide bonds. The molecule has 1 unspecified atom stereocenters. The summed E-state index contributed by atoms with van der Waals surface area (Å²) in [7, 11) is 0. The van der Waals surface area contributed by atoms with Crippen molar-refractivity contribution < 1.29 is 13.2 Å². The Morgan fingerprint density at radius 1 is 1.06 bits per heavy atom. The lowest BCUT2D eigenvalue weighted by atomic mass is 10.1. The van der Waals surface area contributed by atoms with E-state index in [2.05, 4.69) is 6.92 Å². The van der Waals surface area contributed by atoms with Gasteiger partial charge in [0.1, 0.15) is 0 Å². The molecule has 0 bridgehead atoms. The van der Waals surface area contributed by atoms with Crippen LogP contribution in [0, 0.1) is 5.92 Å². The number of rotatable bonds is 0. The molecule has 0 fully saturated rings. The summed E-state index contributed by atoms with van der Waals surface area (Å²) < 4.78 is 37.1. The minimum Gasteiger partial charge on any atom is -0.166 e. The van der Waals surface area contributed by atoms with Crippen molar-refractivity contribution in [3.63, 3.8) is 0 Å². The molecule has 1 aliphatic carbocycles. The monoisotopic (exact) mass is 230 g/mol. The molecule has 16 heavy (non-hydrogen) atoms. The van der Waals surface area contributed by atoms with E-state index in [1.54, 1.807) is 6.07 Å². The first-order valence-electron chi connectivity index (χ1n) is 5.66. The molecule has 0 radical (unpaired) electrons. The third-order valence-electron chi connectivity index (χ3n) is 2.67. The fourth-order valence-corrected chi connectivity index (χ4v) is 2.01. The highest BCUT2D eigenvalue weighted by atomic mass is 19.4. The van der Waals surface area contributed by atoms with Gasteiger partial charge < -0.3 is 0 Å². The molecule has 1 aliphatic rings. The Morgan fingerprint density at radius 2 is 1.62 bits per heavy atom. The highest BCUT2D eigenvalue weighted by Gasteiger charge is 2.31. The Kier molecular flexibility index (Phi) is 4.00. The molecule has 2 rings (SSSR count). The smallest absolute Gasteiger partial charge is 0.166 e.